The number of nitrogens with zero attached hydrogens (tertiary/aromatic N) is 1. The number of carbonyl (C=O) groups excluding carboxylic acids is 8. The van der Waals surface area contributed by atoms with Crippen LogP contribution in [0.4, 0.5) is 0 Å². The Morgan fingerprint density at radius 3 is 1.90 bits per heavy atom. The minimum absolute atomic E-state index is 0.00291. The Kier molecular flexibility index (Phi) is 24.6. The molecule has 5 atom stereocenters. The van der Waals surface area contributed by atoms with E-state index < -0.39 is 84.7 Å². The van der Waals surface area contributed by atoms with Crippen molar-refractivity contribution in [2.45, 2.75) is 143 Å². The van der Waals surface area contributed by atoms with E-state index in [9.17, 15) is 38.4 Å². The van der Waals surface area contributed by atoms with Gasteiger partial charge in [0, 0.05) is 25.6 Å². The summed E-state index contributed by atoms with van der Waals surface area (Å²) in [5, 5.41) is 28.8. The lowest BCUT2D eigenvalue weighted by Crippen LogP contribution is -2.58. The molecule has 13 N–H and O–H groups in total. The number of rotatable bonds is 28. The molecule has 20 nitrogen and oxygen atoms in total. The van der Waals surface area contributed by atoms with Crippen molar-refractivity contribution >= 4 is 53.1 Å². The fourth-order valence-electron chi connectivity index (χ4n) is 6.40. The molecule has 1 heterocycles. The average molecular weight is 837 g/mol. The average Bonchev–Trinajstić information content (AvgIpc) is 3.67. The quantitative estimate of drug-likeness (QED) is 0.0237. The summed E-state index contributed by atoms with van der Waals surface area (Å²) in [4.78, 5) is 106. The number of ketones is 1. The van der Waals surface area contributed by atoms with E-state index in [1.165, 1.54) is 4.90 Å². The second-order valence-electron chi connectivity index (χ2n) is 16.0. The molecule has 20 heteroatoms. The van der Waals surface area contributed by atoms with Crippen molar-refractivity contribution in [2.75, 3.05) is 39.3 Å². The predicted molar refractivity (Wildman–Crippen MR) is 223 cm³/mol. The van der Waals surface area contributed by atoms with E-state index in [1.54, 1.807) is 20.8 Å². The van der Waals surface area contributed by atoms with Crippen LogP contribution in [-0.2, 0) is 38.4 Å². The van der Waals surface area contributed by atoms with Crippen molar-refractivity contribution < 1.29 is 38.4 Å². The van der Waals surface area contributed by atoms with Crippen molar-refractivity contribution in [1.82, 2.24) is 47.4 Å². The van der Waals surface area contributed by atoms with Crippen LogP contribution in [0.3, 0.4) is 0 Å². The van der Waals surface area contributed by atoms with Gasteiger partial charge in [0.05, 0.1) is 25.7 Å². The molecule has 0 unspecified atom stereocenters. The number of hydrogen-bond acceptors (Lipinski definition) is 11. The summed E-state index contributed by atoms with van der Waals surface area (Å²) in [6.45, 7) is 12.9. The van der Waals surface area contributed by atoms with Crippen LogP contribution in [-0.4, -0.2) is 134 Å². The first kappa shape index (κ1) is 52.2. The summed E-state index contributed by atoms with van der Waals surface area (Å²) in [5.41, 5.74) is 10.9. The highest BCUT2D eigenvalue weighted by Crippen LogP contribution is 2.18. The second kappa shape index (κ2) is 27.8. The van der Waals surface area contributed by atoms with Crippen LogP contribution in [0.25, 0.3) is 0 Å². The Bertz CT molecular complexity index is 1430. The molecule has 0 aromatic rings. The zero-order valence-corrected chi connectivity index (χ0v) is 36.1. The van der Waals surface area contributed by atoms with Crippen LogP contribution < -0.4 is 54.0 Å². The molecule has 1 aliphatic heterocycles. The van der Waals surface area contributed by atoms with E-state index in [0.29, 0.717) is 51.6 Å². The lowest BCUT2D eigenvalue weighted by atomic mass is 10.0. The van der Waals surface area contributed by atoms with Gasteiger partial charge in [-0.15, -0.1) is 0 Å². The fraction of sp³-hybridized carbons (Fsp3) is 0.769. The number of carbonyl (C=O) groups is 8. The molecule has 59 heavy (non-hydrogen) atoms. The molecule has 0 radical (unpaired) electrons. The first-order valence-electron chi connectivity index (χ1n) is 20.9. The van der Waals surface area contributed by atoms with Gasteiger partial charge in [0.25, 0.3) is 0 Å². The van der Waals surface area contributed by atoms with Gasteiger partial charge < -0.3 is 58.9 Å². The van der Waals surface area contributed by atoms with Gasteiger partial charge in [0.2, 0.25) is 41.4 Å². The Labute approximate surface area is 348 Å². The molecule has 0 spiro atoms. The Morgan fingerprint density at radius 1 is 0.729 bits per heavy atom. The molecule has 1 fully saturated rings. The van der Waals surface area contributed by atoms with Gasteiger partial charge in [-0.2, -0.15) is 0 Å². The number of nitrogens with one attached hydrogen (secondary N) is 9. The van der Waals surface area contributed by atoms with Gasteiger partial charge in [0.15, 0.2) is 11.7 Å². The lowest BCUT2D eigenvalue weighted by molar-refractivity contribution is -0.139. The smallest absolute Gasteiger partial charge is 0.243 e. The Morgan fingerprint density at radius 2 is 1.34 bits per heavy atom. The van der Waals surface area contributed by atoms with Gasteiger partial charge in [-0.25, -0.2) is 0 Å². The zero-order chi connectivity index (χ0) is 44.7. The minimum Gasteiger partial charge on any atom is -0.370 e. The SMILES string of the molecule is CCC(=O)[C@H](CCCCN)NC(=O)CNC(=O)[C@H](CCCNC(=N)N)NC(=O)[C@@H](NC(=O)CNC(=O)[C@H](CC(C)C)NC(=O)[C@@H]1CCCN1C(=O)CNC(C)C)C(C)C. The van der Waals surface area contributed by atoms with Crippen LogP contribution in [0, 0.1) is 17.2 Å². The van der Waals surface area contributed by atoms with E-state index >= 15 is 0 Å². The summed E-state index contributed by atoms with van der Waals surface area (Å²) in [6, 6.07) is -4.63. The van der Waals surface area contributed by atoms with Crippen LogP contribution in [0.1, 0.15) is 106 Å². The van der Waals surface area contributed by atoms with Crippen molar-refractivity contribution in [2.24, 2.45) is 23.3 Å². The third-order valence-electron chi connectivity index (χ3n) is 9.63. The maximum atomic E-state index is 13.6. The molecule has 0 aromatic heterocycles. The summed E-state index contributed by atoms with van der Waals surface area (Å²) in [7, 11) is 0. The maximum absolute atomic E-state index is 13.6. The number of amides is 7. The molecular weight excluding hydrogens is 765 g/mol. The van der Waals surface area contributed by atoms with E-state index in [4.69, 9.17) is 16.9 Å². The number of Topliss-reactive ketones (excluding diaryl/α,β-unsaturated/α-hetero) is 1. The van der Waals surface area contributed by atoms with Crippen LogP contribution in [0.2, 0.25) is 0 Å². The highest BCUT2D eigenvalue weighted by molar-refractivity contribution is 5.96. The zero-order valence-electron chi connectivity index (χ0n) is 36.1. The molecule has 1 rings (SSSR count). The first-order chi connectivity index (χ1) is 27.8. The van der Waals surface area contributed by atoms with Gasteiger partial charge in [-0.3, -0.25) is 43.8 Å². The predicted octanol–water partition coefficient (Wildman–Crippen LogP) is -1.78. The number of likely N-dealkylation sites (tertiary alicyclic amines) is 1. The highest BCUT2D eigenvalue weighted by atomic mass is 16.2. The molecule has 0 saturated carbocycles. The number of hydrogen-bond donors (Lipinski definition) is 11. The monoisotopic (exact) mass is 837 g/mol. The summed E-state index contributed by atoms with van der Waals surface area (Å²) in [5.74, 6) is -4.81. The Hall–Kier alpha value is -4.85. The van der Waals surface area contributed by atoms with E-state index in [0.717, 1.165) is 0 Å². The third-order valence-corrected chi connectivity index (χ3v) is 9.63. The van der Waals surface area contributed by atoms with E-state index in [-0.39, 0.29) is 62.0 Å². The molecule has 0 aliphatic carbocycles. The standard InChI is InChI=1S/C39H72N12O8/c1-8-30(52)26(13-9-10-16-40)47-31(53)20-45-35(56)27(14-11-17-43-39(41)42)48-38(59)34(24(4)5)50-32(54)21-46-36(57)28(19-23(2)3)49-37(58)29-15-12-18-51(29)33(55)22-44-25(6)7/h23-29,34,44H,8-22,40H2,1-7H3,(H,45,56)(H,46,57)(H,47,53)(H,48,59)(H,49,58)(H,50,54)(H4,41,42,43)/t26-,27-,28-,29-,34-/m0/s1. The molecule has 1 aliphatic rings. The van der Waals surface area contributed by atoms with Gasteiger partial charge >= 0.3 is 0 Å². The first-order valence-corrected chi connectivity index (χ1v) is 20.9. The maximum Gasteiger partial charge on any atom is 0.243 e. The van der Waals surface area contributed by atoms with Crippen LogP contribution in [0.15, 0.2) is 0 Å². The summed E-state index contributed by atoms with van der Waals surface area (Å²) in [6.07, 6.45) is 3.70. The molecule has 7 amide bonds. The van der Waals surface area contributed by atoms with E-state index in [1.807, 2.05) is 27.7 Å². The number of unbranched alkanes of at least 4 members (excludes halogenated alkanes) is 1. The normalized spacial score (nSPS) is 15.8. The van der Waals surface area contributed by atoms with Gasteiger partial charge in [-0.05, 0) is 69.7 Å². The van der Waals surface area contributed by atoms with Gasteiger partial charge in [-0.1, -0.05) is 48.5 Å². The topological polar surface area (TPSA) is 312 Å². The largest absolute Gasteiger partial charge is 0.370 e. The van der Waals surface area contributed by atoms with Gasteiger partial charge in [0.1, 0.15) is 24.2 Å². The van der Waals surface area contributed by atoms with Crippen molar-refractivity contribution in [3.63, 3.8) is 0 Å². The third kappa shape index (κ3) is 20.6. The van der Waals surface area contributed by atoms with Crippen LogP contribution in [0.5, 0.6) is 0 Å². The molecule has 0 aromatic carbocycles. The van der Waals surface area contributed by atoms with E-state index in [2.05, 4.69) is 42.5 Å². The molecule has 0 bridgehead atoms. The molecule has 336 valence electrons. The summed E-state index contributed by atoms with van der Waals surface area (Å²) < 4.78 is 0. The summed E-state index contributed by atoms with van der Waals surface area (Å²) >= 11 is 0. The lowest BCUT2D eigenvalue weighted by Gasteiger charge is -2.27. The highest BCUT2D eigenvalue weighted by Gasteiger charge is 2.36. The molecular formula is C39H72N12O8. The fourth-order valence-corrected chi connectivity index (χ4v) is 6.40. The second-order valence-corrected chi connectivity index (χ2v) is 16.0. The Balaban J connectivity index is 2.96. The number of guanidine groups is 1. The minimum atomic E-state index is -1.16. The van der Waals surface area contributed by atoms with Crippen molar-refractivity contribution in [3.8, 4) is 0 Å². The van der Waals surface area contributed by atoms with Crippen molar-refractivity contribution in [3.05, 3.63) is 0 Å². The number of nitrogens with two attached hydrogens (primary N) is 2. The van der Waals surface area contributed by atoms with Crippen molar-refractivity contribution in [1.29, 1.82) is 5.41 Å². The molecule has 1 saturated heterocycles. The van der Waals surface area contributed by atoms with Crippen LogP contribution >= 0.6 is 0 Å².